The number of amides is 2. The summed E-state index contributed by atoms with van der Waals surface area (Å²) in [6.45, 7) is 0. The number of fused-ring (bicyclic) bond motifs is 1. The minimum Gasteiger partial charge on any atom is -0.383 e. The van der Waals surface area contributed by atoms with Crippen molar-refractivity contribution < 1.29 is 26.9 Å². The van der Waals surface area contributed by atoms with Crippen molar-refractivity contribution in [3.05, 3.63) is 48.3 Å². The van der Waals surface area contributed by atoms with Gasteiger partial charge in [0.25, 0.3) is 0 Å². The molecule has 0 atom stereocenters. The second-order valence-electron chi connectivity index (χ2n) is 9.42. The Morgan fingerprint density at radius 3 is 2.59 bits per heavy atom. The van der Waals surface area contributed by atoms with Crippen molar-refractivity contribution in [3.8, 4) is 11.1 Å². The van der Waals surface area contributed by atoms with Crippen LogP contribution in [0.4, 0.5) is 39.7 Å². The first-order valence-electron chi connectivity index (χ1n) is 11.7. The van der Waals surface area contributed by atoms with E-state index >= 15 is 0 Å². The average molecular weight is 515 g/mol. The van der Waals surface area contributed by atoms with E-state index in [9.17, 15) is 22.4 Å². The summed E-state index contributed by atoms with van der Waals surface area (Å²) < 4.78 is 62.4. The summed E-state index contributed by atoms with van der Waals surface area (Å²) in [4.78, 5) is 20.8. The molecular weight excluding hydrogens is 494 g/mol. The Morgan fingerprint density at radius 1 is 1.16 bits per heavy atom. The fourth-order valence-electron chi connectivity index (χ4n) is 4.78. The van der Waals surface area contributed by atoms with E-state index in [-0.39, 0.29) is 35.9 Å². The summed E-state index contributed by atoms with van der Waals surface area (Å²) in [6.07, 6.45) is 1.05. The Kier molecular flexibility index (Phi) is 5.14. The number of rotatable bonds is 5. The molecule has 3 aromatic heterocycles. The summed E-state index contributed by atoms with van der Waals surface area (Å²) >= 11 is 0. The van der Waals surface area contributed by atoms with Crippen LogP contribution in [0.1, 0.15) is 43.8 Å². The molecule has 0 unspecified atom stereocenters. The molecule has 0 aliphatic heterocycles. The van der Waals surface area contributed by atoms with Gasteiger partial charge in [-0.05, 0) is 43.4 Å². The fraction of sp³-hybridized carbons (Fsp3) is 0.333. The lowest BCUT2D eigenvalue weighted by molar-refractivity contribution is -0.214. The Hall–Kier alpha value is -4.16. The number of alkyl halides is 3. The van der Waals surface area contributed by atoms with Crippen molar-refractivity contribution in [2.24, 2.45) is 0 Å². The van der Waals surface area contributed by atoms with Gasteiger partial charge in [0.15, 0.2) is 0 Å². The lowest BCUT2D eigenvalue weighted by Gasteiger charge is -2.41. The Labute approximate surface area is 207 Å². The lowest BCUT2D eigenvalue weighted by Crippen LogP contribution is -2.48. The monoisotopic (exact) mass is 515 g/mol. The highest BCUT2D eigenvalue weighted by Crippen LogP contribution is 2.54. The van der Waals surface area contributed by atoms with E-state index in [4.69, 9.17) is 10.3 Å². The molecule has 192 valence electrons. The van der Waals surface area contributed by atoms with Gasteiger partial charge in [0.1, 0.15) is 34.7 Å². The number of benzene rings is 1. The fourth-order valence-corrected chi connectivity index (χ4v) is 4.78. The second-order valence-corrected chi connectivity index (χ2v) is 9.42. The maximum Gasteiger partial charge on any atom is 0.400 e. The number of halogens is 4. The number of carbonyl (C=O) groups excluding carboxylic acids is 1. The van der Waals surface area contributed by atoms with Crippen LogP contribution >= 0.6 is 0 Å². The summed E-state index contributed by atoms with van der Waals surface area (Å²) in [5.74, 6) is -0.718. The zero-order valence-corrected chi connectivity index (χ0v) is 19.3. The van der Waals surface area contributed by atoms with E-state index in [0.29, 0.717) is 34.6 Å². The molecule has 2 amide bonds. The van der Waals surface area contributed by atoms with Crippen LogP contribution in [0, 0.1) is 5.82 Å². The Morgan fingerprint density at radius 2 is 1.95 bits per heavy atom. The van der Waals surface area contributed by atoms with Gasteiger partial charge in [-0.25, -0.2) is 19.2 Å². The molecule has 0 bridgehead atoms. The molecule has 13 heteroatoms. The third kappa shape index (κ3) is 3.85. The number of hydrogen-bond donors (Lipinski definition) is 3. The van der Waals surface area contributed by atoms with Gasteiger partial charge < -0.3 is 20.1 Å². The molecule has 2 aliphatic carbocycles. The first kappa shape index (κ1) is 23.3. The van der Waals surface area contributed by atoms with Gasteiger partial charge in [-0.3, -0.25) is 5.32 Å². The molecule has 1 aromatic carbocycles. The molecule has 2 aliphatic rings. The number of urea groups is 1. The van der Waals surface area contributed by atoms with Crippen LogP contribution in [0.25, 0.3) is 22.2 Å². The summed E-state index contributed by atoms with van der Waals surface area (Å²) in [6, 6.07) is 4.72. The number of anilines is 3. The maximum atomic E-state index is 15.0. The first-order valence-corrected chi connectivity index (χ1v) is 11.7. The van der Waals surface area contributed by atoms with Gasteiger partial charge in [0, 0.05) is 23.9 Å². The molecule has 2 saturated carbocycles. The number of hydrogen-bond acceptors (Lipinski definition) is 6. The van der Waals surface area contributed by atoms with Gasteiger partial charge >= 0.3 is 12.2 Å². The summed E-state index contributed by atoms with van der Waals surface area (Å²) in [7, 11) is 0. The lowest BCUT2D eigenvalue weighted by atomic mass is 9.66. The number of nitrogen functional groups attached to an aromatic ring is 1. The molecular formula is C24H21F4N7O2. The molecule has 3 heterocycles. The van der Waals surface area contributed by atoms with Gasteiger partial charge in [-0.1, -0.05) is 17.6 Å². The minimum atomic E-state index is -4.48. The van der Waals surface area contributed by atoms with E-state index < -0.39 is 23.4 Å². The molecule has 2 fully saturated rings. The number of aromatic nitrogens is 4. The van der Waals surface area contributed by atoms with Gasteiger partial charge in [-0.2, -0.15) is 13.2 Å². The standard InChI is InChI=1S/C24H21F4N7O2/c25-15-8-12(14-10-35(13-3-4-13)21-19(14)20(29)30-11-31-21)2-5-16(15)32-22(36)33-18-9-17(34-37-18)23(6-1-7-23)24(26,27)28/h2,5,8-11,13H,1,3-4,6-7H2,(H2,29,30,31)(H2,32,33,36). The van der Waals surface area contributed by atoms with E-state index in [1.54, 1.807) is 6.07 Å². The van der Waals surface area contributed by atoms with Crippen LogP contribution in [0.2, 0.25) is 0 Å². The third-order valence-corrected chi connectivity index (χ3v) is 7.09. The van der Waals surface area contributed by atoms with Crippen LogP contribution in [0.15, 0.2) is 41.3 Å². The summed E-state index contributed by atoms with van der Waals surface area (Å²) in [5.41, 5.74) is 5.47. The SMILES string of the molecule is Nc1ncnc2c1c(-c1ccc(NC(=O)Nc3cc(C4(C(F)(F)F)CCC4)no3)c(F)c1)cn2C1CC1. The van der Waals surface area contributed by atoms with Crippen LogP contribution in [0.3, 0.4) is 0 Å². The zero-order valence-electron chi connectivity index (χ0n) is 19.3. The third-order valence-electron chi connectivity index (χ3n) is 7.09. The van der Waals surface area contributed by atoms with Crippen LogP contribution in [-0.4, -0.2) is 31.9 Å². The Balaban J connectivity index is 1.20. The topological polar surface area (TPSA) is 124 Å². The van der Waals surface area contributed by atoms with Crippen LogP contribution in [0.5, 0.6) is 0 Å². The second kappa shape index (κ2) is 8.18. The number of carbonyl (C=O) groups is 1. The highest BCUT2D eigenvalue weighted by Gasteiger charge is 2.61. The van der Waals surface area contributed by atoms with Crippen LogP contribution < -0.4 is 16.4 Å². The van der Waals surface area contributed by atoms with E-state index in [1.807, 2.05) is 10.8 Å². The van der Waals surface area contributed by atoms with Crippen molar-refractivity contribution >= 4 is 34.5 Å². The number of nitrogens with zero attached hydrogens (tertiary/aromatic N) is 4. The average Bonchev–Trinajstić information content (AvgIpc) is 3.41. The van der Waals surface area contributed by atoms with E-state index in [2.05, 4.69) is 25.8 Å². The highest BCUT2D eigenvalue weighted by atomic mass is 19.4. The number of nitrogens with one attached hydrogen (secondary N) is 2. The zero-order chi connectivity index (χ0) is 25.9. The first-order chi connectivity index (χ1) is 17.7. The molecule has 4 N–H and O–H groups in total. The highest BCUT2D eigenvalue weighted by molar-refractivity contribution is 6.02. The van der Waals surface area contributed by atoms with Gasteiger partial charge in [0.2, 0.25) is 5.88 Å². The molecule has 37 heavy (non-hydrogen) atoms. The molecule has 0 radical (unpaired) electrons. The molecule has 9 nitrogen and oxygen atoms in total. The van der Waals surface area contributed by atoms with Crippen molar-refractivity contribution in [2.75, 3.05) is 16.4 Å². The summed E-state index contributed by atoms with van der Waals surface area (Å²) in [5, 5.41) is 8.73. The largest absolute Gasteiger partial charge is 0.400 e. The quantitative estimate of drug-likeness (QED) is 0.290. The van der Waals surface area contributed by atoms with Crippen molar-refractivity contribution in [2.45, 2.75) is 49.7 Å². The maximum absolute atomic E-state index is 15.0. The predicted octanol–water partition coefficient (Wildman–Crippen LogP) is 5.77. The van der Waals surface area contributed by atoms with E-state index in [0.717, 1.165) is 18.9 Å². The van der Waals surface area contributed by atoms with Gasteiger partial charge in [-0.15, -0.1) is 0 Å². The van der Waals surface area contributed by atoms with E-state index in [1.165, 1.54) is 18.5 Å². The van der Waals surface area contributed by atoms with Crippen LogP contribution in [-0.2, 0) is 5.41 Å². The molecule has 0 spiro atoms. The van der Waals surface area contributed by atoms with Crippen molar-refractivity contribution in [1.29, 1.82) is 0 Å². The van der Waals surface area contributed by atoms with Crippen molar-refractivity contribution in [3.63, 3.8) is 0 Å². The predicted molar refractivity (Wildman–Crippen MR) is 126 cm³/mol. The number of nitrogens with two attached hydrogens (primary N) is 1. The molecule has 0 saturated heterocycles. The molecule has 6 rings (SSSR count). The normalized spacial score (nSPS) is 17.0. The Bertz CT molecular complexity index is 1520. The smallest absolute Gasteiger partial charge is 0.383 e. The molecule has 4 aromatic rings. The van der Waals surface area contributed by atoms with Gasteiger partial charge in [0.05, 0.1) is 11.1 Å². The van der Waals surface area contributed by atoms with Crippen molar-refractivity contribution in [1.82, 2.24) is 19.7 Å². The minimum absolute atomic E-state index is 0.0939.